The van der Waals surface area contributed by atoms with Gasteiger partial charge in [-0.2, -0.15) is 0 Å². The van der Waals surface area contributed by atoms with Crippen LogP contribution in [0, 0.1) is 0 Å². The van der Waals surface area contributed by atoms with Gasteiger partial charge in [-0.3, -0.25) is 4.79 Å². The average Bonchev–Trinajstić information content (AvgIpc) is 2.65. The summed E-state index contributed by atoms with van der Waals surface area (Å²) in [6.07, 6.45) is 1.83. The quantitative estimate of drug-likeness (QED) is 0.918. The fraction of sp³-hybridized carbons (Fsp3) is 0.350. The molecule has 1 aliphatic heterocycles. The molecule has 1 N–H and O–H groups in total. The second-order valence-electron chi connectivity index (χ2n) is 6.11. The van der Waals surface area contributed by atoms with Crippen molar-refractivity contribution in [2.45, 2.75) is 32.9 Å². The summed E-state index contributed by atoms with van der Waals surface area (Å²) in [5, 5.41) is 9.24. The Morgan fingerprint density at radius 1 is 1.21 bits per heavy atom. The molecule has 2 aromatic carbocycles. The maximum atomic E-state index is 12.7. The number of nitrogens with zero attached hydrogens (tertiary/aromatic N) is 1. The third-order valence-electron chi connectivity index (χ3n) is 4.31. The van der Waals surface area contributed by atoms with E-state index >= 15 is 0 Å². The highest BCUT2D eigenvalue weighted by atomic mass is 16.5. The summed E-state index contributed by atoms with van der Waals surface area (Å²) in [4.78, 5) is 14.6. The standard InChI is InChI=1S/C20H23NO3/c1-2-10-24-19-7-6-18-13-21(9-8-16(18)12-19)20(23)17-5-3-4-15(11-17)14-22/h3-7,11-12,22H,2,8-10,13-14H2,1H3. The number of hydrogen-bond donors (Lipinski definition) is 1. The number of rotatable bonds is 5. The number of aliphatic hydroxyl groups is 1. The number of aliphatic hydroxyl groups excluding tert-OH is 1. The van der Waals surface area contributed by atoms with Gasteiger partial charge in [0.1, 0.15) is 5.75 Å². The lowest BCUT2D eigenvalue weighted by Crippen LogP contribution is -2.36. The van der Waals surface area contributed by atoms with Crippen molar-refractivity contribution in [3.63, 3.8) is 0 Å². The molecule has 0 atom stereocenters. The molecule has 0 radical (unpaired) electrons. The lowest BCUT2D eigenvalue weighted by molar-refractivity contribution is 0.0734. The van der Waals surface area contributed by atoms with Crippen molar-refractivity contribution >= 4 is 5.91 Å². The molecule has 24 heavy (non-hydrogen) atoms. The van der Waals surface area contributed by atoms with E-state index in [2.05, 4.69) is 19.1 Å². The van der Waals surface area contributed by atoms with Gasteiger partial charge < -0.3 is 14.7 Å². The second-order valence-corrected chi connectivity index (χ2v) is 6.11. The first-order valence-electron chi connectivity index (χ1n) is 8.45. The summed E-state index contributed by atoms with van der Waals surface area (Å²) in [5.41, 5.74) is 3.83. The maximum absolute atomic E-state index is 12.7. The summed E-state index contributed by atoms with van der Waals surface area (Å²) in [5.74, 6) is 0.924. The van der Waals surface area contributed by atoms with Crippen LogP contribution in [0.2, 0.25) is 0 Å². The molecule has 1 amide bonds. The minimum absolute atomic E-state index is 0.0160. The molecule has 0 saturated heterocycles. The molecule has 1 aliphatic rings. The van der Waals surface area contributed by atoms with Crippen LogP contribution in [-0.2, 0) is 19.6 Å². The van der Waals surface area contributed by atoms with Gasteiger partial charge in [0.25, 0.3) is 5.91 Å². The number of ether oxygens (including phenoxy) is 1. The number of benzene rings is 2. The van der Waals surface area contributed by atoms with E-state index in [0.717, 1.165) is 30.8 Å². The normalized spacial score (nSPS) is 13.5. The summed E-state index contributed by atoms with van der Waals surface area (Å²) >= 11 is 0. The molecule has 4 heteroatoms. The van der Waals surface area contributed by atoms with Crippen molar-refractivity contribution in [2.24, 2.45) is 0 Å². The predicted octanol–water partition coefficient (Wildman–Crippen LogP) is 3.17. The van der Waals surface area contributed by atoms with Crippen LogP contribution >= 0.6 is 0 Å². The highest BCUT2D eigenvalue weighted by molar-refractivity contribution is 5.94. The largest absolute Gasteiger partial charge is 0.494 e. The number of carbonyl (C=O) groups is 1. The van der Waals surface area contributed by atoms with Crippen LogP contribution < -0.4 is 4.74 Å². The van der Waals surface area contributed by atoms with Crippen LogP contribution in [0.1, 0.15) is 40.4 Å². The smallest absolute Gasteiger partial charge is 0.254 e. The van der Waals surface area contributed by atoms with Crippen molar-refractivity contribution in [3.8, 4) is 5.75 Å². The van der Waals surface area contributed by atoms with Gasteiger partial charge in [0.05, 0.1) is 13.2 Å². The molecule has 1 heterocycles. The zero-order valence-corrected chi connectivity index (χ0v) is 14.0. The monoisotopic (exact) mass is 325 g/mol. The molecule has 4 nitrogen and oxygen atoms in total. The summed E-state index contributed by atoms with van der Waals surface area (Å²) < 4.78 is 5.69. The SMILES string of the molecule is CCCOc1ccc2c(c1)CCN(C(=O)c1cccc(CO)c1)C2. The molecule has 0 saturated carbocycles. The third-order valence-corrected chi connectivity index (χ3v) is 4.31. The number of amides is 1. The van der Waals surface area contributed by atoms with Crippen LogP contribution in [-0.4, -0.2) is 29.1 Å². The molecule has 0 bridgehead atoms. The van der Waals surface area contributed by atoms with Crippen LogP contribution in [0.5, 0.6) is 5.75 Å². The van der Waals surface area contributed by atoms with E-state index in [1.165, 1.54) is 11.1 Å². The first-order valence-corrected chi connectivity index (χ1v) is 8.45. The zero-order valence-electron chi connectivity index (χ0n) is 14.0. The van der Waals surface area contributed by atoms with Gasteiger partial charge in [-0.1, -0.05) is 25.1 Å². The van der Waals surface area contributed by atoms with Crippen molar-refractivity contribution < 1.29 is 14.6 Å². The molecular formula is C20H23NO3. The summed E-state index contributed by atoms with van der Waals surface area (Å²) in [6.45, 7) is 4.08. The molecule has 0 aromatic heterocycles. The van der Waals surface area contributed by atoms with E-state index < -0.39 is 0 Å². The molecule has 0 fully saturated rings. The van der Waals surface area contributed by atoms with E-state index in [1.807, 2.05) is 23.1 Å². The van der Waals surface area contributed by atoms with Crippen LogP contribution in [0.25, 0.3) is 0 Å². The Balaban J connectivity index is 1.73. The van der Waals surface area contributed by atoms with Gasteiger partial charge in [-0.05, 0) is 53.8 Å². The van der Waals surface area contributed by atoms with Crippen molar-refractivity contribution in [3.05, 3.63) is 64.7 Å². The molecule has 0 unspecified atom stereocenters. The van der Waals surface area contributed by atoms with Gasteiger partial charge in [0.15, 0.2) is 0 Å². The minimum atomic E-state index is -0.0511. The Kier molecular flexibility index (Phi) is 5.16. The molecule has 3 rings (SSSR count). The number of fused-ring (bicyclic) bond motifs is 1. The first-order chi connectivity index (χ1) is 11.7. The van der Waals surface area contributed by atoms with Gasteiger partial charge >= 0.3 is 0 Å². The number of carbonyl (C=O) groups excluding carboxylic acids is 1. The highest BCUT2D eigenvalue weighted by Crippen LogP contribution is 2.25. The first kappa shape index (κ1) is 16.5. The molecule has 0 aliphatic carbocycles. The third kappa shape index (κ3) is 3.60. The van der Waals surface area contributed by atoms with Crippen molar-refractivity contribution in [1.29, 1.82) is 0 Å². The molecule has 2 aromatic rings. The Hall–Kier alpha value is -2.33. The van der Waals surface area contributed by atoms with Gasteiger partial charge in [0, 0.05) is 18.7 Å². The zero-order chi connectivity index (χ0) is 16.9. The maximum Gasteiger partial charge on any atom is 0.254 e. The Labute approximate surface area is 142 Å². The van der Waals surface area contributed by atoms with Gasteiger partial charge in [0.2, 0.25) is 0 Å². The lowest BCUT2D eigenvalue weighted by Gasteiger charge is -2.29. The van der Waals surface area contributed by atoms with Crippen LogP contribution in [0.3, 0.4) is 0 Å². The van der Waals surface area contributed by atoms with Gasteiger partial charge in [-0.25, -0.2) is 0 Å². The van der Waals surface area contributed by atoms with Crippen molar-refractivity contribution in [1.82, 2.24) is 4.90 Å². The summed E-state index contributed by atoms with van der Waals surface area (Å²) in [7, 11) is 0. The Morgan fingerprint density at radius 3 is 2.88 bits per heavy atom. The second kappa shape index (κ2) is 7.49. The van der Waals surface area contributed by atoms with E-state index in [0.29, 0.717) is 18.7 Å². The highest BCUT2D eigenvalue weighted by Gasteiger charge is 2.22. The van der Waals surface area contributed by atoms with Gasteiger partial charge in [-0.15, -0.1) is 0 Å². The Bertz CT molecular complexity index is 727. The van der Waals surface area contributed by atoms with E-state index in [-0.39, 0.29) is 12.5 Å². The fourth-order valence-electron chi connectivity index (χ4n) is 3.00. The lowest BCUT2D eigenvalue weighted by atomic mass is 9.98. The summed E-state index contributed by atoms with van der Waals surface area (Å²) in [6, 6.07) is 13.3. The van der Waals surface area contributed by atoms with Crippen LogP contribution in [0.15, 0.2) is 42.5 Å². The molecule has 126 valence electrons. The Morgan fingerprint density at radius 2 is 2.08 bits per heavy atom. The molecule has 0 spiro atoms. The van der Waals surface area contributed by atoms with E-state index in [4.69, 9.17) is 4.74 Å². The predicted molar refractivity (Wildman–Crippen MR) is 93.0 cm³/mol. The van der Waals surface area contributed by atoms with E-state index in [9.17, 15) is 9.90 Å². The van der Waals surface area contributed by atoms with E-state index in [1.54, 1.807) is 12.1 Å². The van der Waals surface area contributed by atoms with Crippen LogP contribution in [0.4, 0.5) is 0 Å². The number of hydrogen-bond acceptors (Lipinski definition) is 3. The fourth-order valence-corrected chi connectivity index (χ4v) is 3.00. The average molecular weight is 325 g/mol. The van der Waals surface area contributed by atoms with Crippen molar-refractivity contribution in [2.75, 3.05) is 13.2 Å². The topological polar surface area (TPSA) is 49.8 Å². The minimum Gasteiger partial charge on any atom is -0.494 e. The molecular weight excluding hydrogens is 302 g/mol.